The van der Waals surface area contributed by atoms with Crippen LogP contribution in [0.25, 0.3) is 0 Å². The minimum Gasteiger partial charge on any atom is -0.484 e. The van der Waals surface area contributed by atoms with Gasteiger partial charge in [-0.05, 0) is 49.8 Å². The van der Waals surface area contributed by atoms with Crippen molar-refractivity contribution in [2.24, 2.45) is 5.73 Å². The Hall–Kier alpha value is -1.55. The van der Waals surface area contributed by atoms with Crippen molar-refractivity contribution in [1.82, 2.24) is 4.90 Å². The van der Waals surface area contributed by atoms with Crippen LogP contribution in [0, 0.1) is 0 Å². The quantitative estimate of drug-likeness (QED) is 0.875. The lowest BCUT2D eigenvalue weighted by Gasteiger charge is -2.26. The van der Waals surface area contributed by atoms with Crippen LogP contribution in [-0.4, -0.2) is 36.5 Å². The van der Waals surface area contributed by atoms with Gasteiger partial charge in [0, 0.05) is 19.1 Å². The molecule has 0 radical (unpaired) electrons. The number of amides is 1. The molecule has 0 bridgehead atoms. The van der Waals surface area contributed by atoms with Crippen LogP contribution in [0.1, 0.15) is 38.2 Å². The van der Waals surface area contributed by atoms with E-state index in [1.807, 2.05) is 23.1 Å². The first-order valence-corrected chi connectivity index (χ1v) is 7.94. The van der Waals surface area contributed by atoms with E-state index >= 15 is 0 Å². The largest absolute Gasteiger partial charge is 0.484 e. The summed E-state index contributed by atoms with van der Waals surface area (Å²) >= 11 is 0. The molecule has 1 saturated heterocycles. The number of ether oxygens (including phenoxy) is 1. The van der Waals surface area contributed by atoms with Gasteiger partial charge in [-0.15, -0.1) is 0 Å². The van der Waals surface area contributed by atoms with E-state index in [1.54, 1.807) is 0 Å². The molecule has 1 aromatic rings. The summed E-state index contributed by atoms with van der Waals surface area (Å²) in [4.78, 5) is 14.0. The first-order chi connectivity index (χ1) is 10.2. The van der Waals surface area contributed by atoms with E-state index in [0.29, 0.717) is 0 Å². The van der Waals surface area contributed by atoms with Crippen molar-refractivity contribution in [3.8, 4) is 5.75 Å². The first kappa shape index (κ1) is 15.8. The maximum atomic E-state index is 12.1. The number of rotatable bonds is 6. The van der Waals surface area contributed by atoms with Crippen LogP contribution in [0.5, 0.6) is 5.75 Å². The minimum atomic E-state index is 0.0883. The number of hydrogen-bond donors (Lipinski definition) is 1. The molecule has 2 N–H and O–H groups in total. The molecule has 1 aliphatic heterocycles. The Morgan fingerprint density at radius 2 is 2.10 bits per heavy atom. The molecule has 4 nitrogen and oxygen atoms in total. The van der Waals surface area contributed by atoms with Crippen molar-refractivity contribution in [3.05, 3.63) is 29.8 Å². The van der Waals surface area contributed by atoms with Gasteiger partial charge in [0.2, 0.25) is 0 Å². The van der Waals surface area contributed by atoms with Gasteiger partial charge in [0.05, 0.1) is 0 Å². The first-order valence-electron chi connectivity index (χ1n) is 7.94. The third-order valence-corrected chi connectivity index (χ3v) is 3.99. The molecular formula is C17H26N2O2. The summed E-state index contributed by atoms with van der Waals surface area (Å²) in [5, 5.41) is 0. The molecule has 1 aliphatic rings. The molecule has 0 aliphatic carbocycles. The van der Waals surface area contributed by atoms with Gasteiger partial charge in [-0.3, -0.25) is 4.79 Å². The molecule has 116 valence electrons. The second kappa shape index (κ2) is 8.03. The van der Waals surface area contributed by atoms with Crippen LogP contribution in [0.2, 0.25) is 0 Å². The van der Waals surface area contributed by atoms with Crippen LogP contribution in [0.3, 0.4) is 0 Å². The predicted molar refractivity (Wildman–Crippen MR) is 84.3 cm³/mol. The second-order valence-corrected chi connectivity index (χ2v) is 5.75. The topological polar surface area (TPSA) is 55.6 Å². The zero-order chi connectivity index (χ0) is 15.1. The summed E-state index contributed by atoms with van der Waals surface area (Å²) in [6.45, 7) is 3.95. The third-order valence-electron chi connectivity index (χ3n) is 3.99. The highest BCUT2D eigenvalue weighted by molar-refractivity contribution is 5.77. The molecule has 1 fully saturated rings. The highest BCUT2D eigenvalue weighted by atomic mass is 16.5. The number of likely N-dealkylation sites (tertiary alicyclic amines) is 1. The molecule has 4 heteroatoms. The number of hydrogen-bond acceptors (Lipinski definition) is 3. The van der Waals surface area contributed by atoms with Gasteiger partial charge in [-0.1, -0.05) is 19.1 Å². The van der Waals surface area contributed by atoms with Crippen molar-refractivity contribution >= 4 is 5.91 Å². The van der Waals surface area contributed by atoms with E-state index in [-0.39, 0.29) is 18.6 Å². The molecule has 1 heterocycles. The molecule has 2 rings (SSSR count). The zero-order valence-electron chi connectivity index (χ0n) is 12.9. The van der Waals surface area contributed by atoms with Crippen LogP contribution in [0.15, 0.2) is 24.3 Å². The number of nitrogens with zero attached hydrogens (tertiary/aromatic N) is 1. The van der Waals surface area contributed by atoms with E-state index in [1.165, 1.54) is 6.42 Å². The molecule has 0 saturated carbocycles. The maximum Gasteiger partial charge on any atom is 0.260 e. The van der Waals surface area contributed by atoms with E-state index in [0.717, 1.165) is 50.1 Å². The normalized spacial score (nSPS) is 16.6. The Morgan fingerprint density at radius 1 is 1.33 bits per heavy atom. The summed E-state index contributed by atoms with van der Waals surface area (Å²) in [6, 6.07) is 8.06. The second-order valence-electron chi connectivity index (χ2n) is 5.75. The van der Waals surface area contributed by atoms with Gasteiger partial charge in [0.15, 0.2) is 6.61 Å². The van der Waals surface area contributed by atoms with Crippen molar-refractivity contribution < 1.29 is 9.53 Å². The molecule has 21 heavy (non-hydrogen) atoms. The summed E-state index contributed by atoms with van der Waals surface area (Å²) in [7, 11) is 0. The molecule has 1 atom stereocenters. The van der Waals surface area contributed by atoms with E-state index in [9.17, 15) is 4.79 Å². The zero-order valence-corrected chi connectivity index (χ0v) is 12.9. The van der Waals surface area contributed by atoms with Crippen molar-refractivity contribution in [2.75, 3.05) is 19.7 Å². The van der Waals surface area contributed by atoms with Gasteiger partial charge < -0.3 is 15.4 Å². The van der Waals surface area contributed by atoms with Crippen LogP contribution in [-0.2, 0) is 11.2 Å². The molecule has 1 amide bonds. The Balaban J connectivity index is 1.84. The van der Waals surface area contributed by atoms with E-state index in [2.05, 4.69) is 13.0 Å². The van der Waals surface area contributed by atoms with Crippen molar-refractivity contribution in [3.63, 3.8) is 0 Å². The third kappa shape index (κ3) is 5.05. The van der Waals surface area contributed by atoms with Crippen molar-refractivity contribution in [1.29, 1.82) is 0 Å². The fourth-order valence-corrected chi connectivity index (χ4v) is 2.59. The lowest BCUT2D eigenvalue weighted by Crippen LogP contribution is -2.38. The Morgan fingerprint density at radius 3 is 2.81 bits per heavy atom. The number of nitrogens with two attached hydrogens (primary N) is 1. The highest BCUT2D eigenvalue weighted by Gasteiger charge is 2.16. The van der Waals surface area contributed by atoms with Gasteiger partial charge >= 0.3 is 0 Å². The average Bonchev–Trinajstić information content (AvgIpc) is 2.53. The SMILES string of the molecule is CCC(N)Cc1cccc(OCC(=O)N2CCCCC2)c1. The molecule has 0 spiro atoms. The van der Waals surface area contributed by atoms with Gasteiger partial charge in [-0.25, -0.2) is 0 Å². The minimum absolute atomic E-state index is 0.0883. The lowest BCUT2D eigenvalue weighted by molar-refractivity contribution is -0.134. The number of carbonyl (C=O) groups excluding carboxylic acids is 1. The van der Waals surface area contributed by atoms with E-state index in [4.69, 9.17) is 10.5 Å². The van der Waals surface area contributed by atoms with Crippen LogP contribution < -0.4 is 10.5 Å². The summed E-state index contributed by atoms with van der Waals surface area (Å²) in [6.07, 6.45) is 5.24. The van der Waals surface area contributed by atoms with Crippen LogP contribution >= 0.6 is 0 Å². The fraction of sp³-hybridized carbons (Fsp3) is 0.588. The Labute approximate surface area is 127 Å². The standard InChI is InChI=1S/C17H26N2O2/c1-2-15(18)11-14-7-6-8-16(12-14)21-13-17(20)19-9-4-3-5-10-19/h6-8,12,15H,2-5,9-11,13,18H2,1H3. The van der Waals surface area contributed by atoms with Gasteiger partial charge in [-0.2, -0.15) is 0 Å². The van der Waals surface area contributed by atoms with Crippen molar-refractivity contribution in [2.45, 2.75) is 45.1 Å². The number of benzene rings is 1. The summed E-state index contributed by atoms with van der Waals surface area (Å²) in [5.41, 5.74) is 7.13. The van der Waals surface area contributed by atoms with Gasteiger partial charge in [0.25, 0.3) is 5.91 Å². The summed E-state index contributed by atoms with van der Waals surface area (Å²) in [5.74, 6) is 0.839. The highest BCUT2D eigenvalue weighted by Crippen LogP contribution is 2.16. The average molecular weight is 290 g/mol. The number of carbonyl (C=O) groups is 1. The molecule has 1 unspecified atom stereocenters. The fourth-order valence-electron chi connectivity index (χ4n) is 2.59. The number of piperidine rings is 1. The Kier molecular flexibility index (Phi) is 6.05. The molecule has 1 aromatic carbocycles. The van der Waals surface area contributed by atoms with E-state index < -0.39 is 0 Å². The molecule has 0 aromatic heterocycles. The lowest BCUT2D eigenvalue weighted by atomic mass is 10.0. The molecular weight excluding hydrogens is 264 g/mol. The monoisotopic (exact) mass is 290 g/mol. The van der Waals surface area contributed by atoms with Gasteiger partial charge in [0.1, 0.15) is 5.75 Å². The predicted octanol–water partition coefficient (Wildman–Crippen LogP) is 2.36. The maximum absolute atomic E-state index is 12.1. The Bertz CT molecular complexity index is 456. The summed E-state index contributed by atoms with van der Waals surface area (Å²) < 4.78 is 5.64. The van der Waals surface area contributed by atoms with Crippen LogP contribution in [0.4, 0.5) is 0 Å². The smallest absolute Gasteiger partial charge is 0.260 e.